The number of fused-ring (bicyclic) bond motifs is 2. The fraction of sp³-hybridized carbons (Fsp3) is 0.179. The van der Waals surface area contributed by atoms with Crippen LogP contribution in [-0.2, 0) is 16.0 Å². The molecule has 4 aromatic rings. The number of carbonyl (C=O) groups excluding carboxylic acids is 2. The van der Waals surface area contributed by atoms with Crippen molar-refractivity contribution >= 4 is 49.8 Å². The van der Waals surface area contributed by atoms with Crippen LogP contribution in [0.3, 0.4) is 0 Å². The van der Waals surface area contributed by atoms with E-state index in [-0.39, 0.29) is 28.3 Å². The van der Waals surface area contributed by atoms with E-state index < -0.39 is 22.7 Å². The van der Waals surface area contributed by atoms with Gasteiger partial charge in [-0.3, -0.25) is 24.6 Å². The third-order valence-corrected chi connectivity index (χ3v) is 7.84. The minimum Gasteiger partial charge on any atom is -0.507 e. The Bertz CT molecular complexity index is 1710. The summed E-state index contributed by atoms with van der Waals surface area (Å²) in [6.07, 6.45) is 0.631. The van der Waals surface area contributed by atoms with Gasteiger partial charge in [0.25, 0.3) is 11.5 Å². The molecule has 11 heteroatoms. The zero-order valence-electron chi connectivity index (χ0n) is 20.8. The van der Waals surface area contributed by atoms with Gasteiger partial charge in [-0.25, -0.2) is 4.98 Å². The van der Waals surface area contributed by atoms with Gasteiger partial charge in [0, 0.05) is 24.1 Å². The van der Waals surface area contributed by atoms with E-state index >= 15 is 0 Å². The molecule has 2 atom stereocenters. The lowest BCUT2D eigenvalue weighted by Crippen LogP contribution is -2.29. The van der Waals surface area contributed by atoms with Crippen LogP contribution in [0.4, 0.5) is 10.8 Å². The van der Waals surface area contributed by atoms with Gasteiger partial charge in [-0.2, -0.15) is 0 Å². The van der Waals surface area contributed by atoms with Gasteiger partial charge in [0.2, 0.25) is 0 Å². The highest BCUT2D eigenvalue weighted by Gasteiger charge is 2.48. The molecular weight excluding hydrogens is 522 g/mol. The molecule has 6 rings (SSSR count). The van der Waals surface area contributed by atoms with Gasteiger partial charge in [0.05, 0.1) is 33.9 Å². The highest BCUT2D eigenvalue weighted by Crippen LogP contribution is 2.45. The molecule has 39 heavy (non-hydrogen) atoms. The summed E-state index contributed by atoms with van der Waals surface area (Å²) in [5, 5.41) is 23.0. The van der Waals surface area contributed by atoms with Crippen molar-refractivity contribution in [3.63, 3.8) is 0 Å². The second-order valence-corrected chi connectivity index (χ2v) is 10.3. The molecule has 0 radical (unpaired) electrons. The summed E-state index contributed by atoms with van der Waals surface area (Å²) in [4.78, 5) is 43.5. The molecule has 1 fully saturated rings. The number of hydrogen-bond acceptors (Lipinski definition) is 9. The monoisotopic (exact) mass is 543 g/mol. The maximum absolute atomic E-state index is 13.5. The number of aliphatic hydroxyl groups is 1. The van der Waals surface area contributed by atoms with Gasteiger partial charge in [-0.1, -0.05) is 11.3 Å². The molecule has 0 unspecified atom stereocenters. The second kappa shape index (κ2) is 9.21. The number of carbonyl (C=O) groups is 2. The summed E-state index contributed by atoms with van der Waals surface area (Å²) in [6, 6.07) is 14.9. The number of ketones is 1. The van der Waals surface area contributed by atoms with E-state index in [0.29, 0.717) is 34.6 Å². The Morgan fingerprint density at radius 1 is 1.15 bits per heavy atom. The Hall–Kier alpha value is -4.77. The van der Waals surface area contributed by atoms with Crippen LogP contribution in [-0.4, -0.2) is 39.9 Å². The first-order valence-corrected chi connectivity index (χ1v) is 12.9. The molecule has 10 nitrogen and oxygen atoms in total. The van der Waals surface area contributed by atoms with Crippen LogP contribution < -0.4 is 14.4 Å². The number of hydrogen-bond donors (Lipinski definition) is 1. The number of Topliss-reactive ketones (excluding diaryl/α,β-unsaturated/α-hetero) is 1. The number of nitrogens with zero attached hydrogens (tertiary/aromatic N) is 3. The normalized spacial score (nSPS) is 19.8. The van der Waals surface area contributed by atoms with Crippen LogP contribution in [0, 0.1) is 10.1 Å². The summed E-state index contributed by atoms with van der Waals surface area (Å²) >= 11 is 1.20. The van der Waals surface area contributed by atoms with Gasteiger partial charge < -0.3 is 14.6 Å². The van der Waals surface area contributed by atoms with Crippen molar-refractivity contribution in [1.82, 2.24) is 4.98 Å². The first-order valence-electron chi connectivity index (χ1n) is 12.0. The predicted octanol–water partition coefficient (Wildman–Crippen LogP) is 5.16. The molecule has 2 aliphatic heterocycles. The number of anilines is 1. The lowest BCUT2D eigenvalue weighted by atomic mass is 9.94. The largest absolute Gasteiger partial charge is 0.507 e. The second-order valence-electron chi connectivity index (χ2n) is 9.30. The lowest BCUT2D eigenvalue weighted by Gasteiger charge is -2.23. The van der Waals surface area contributed by atoms with E-state index in [4.69, 9.17) is 9.47 Å². The molecule has 2 aliphatic rings. The van der Waals surface area contributed by atoms with Crippen LogP contribution in [0.2, 0.25) is 0 Å². The average Bonchev–Trinajstić information content (AvgIpc) is 3.59. The average molecular weight is 544 g/mol. The summed E-state index contributed by atoms with van der Waals surface area (Å²) in [5.74, 6) is -0.760. The maximum Gasteiger partial charge on any atom is 0.301 e. The third-order valence-electron chi connectivity index (χ3n) is 6.82. The Kier molecular flexibility index (Phi) is 5.80. The number of amides is 1. The third kappa shape index (κ3) is 4.07. The molecule has 0 bridgehead atoms. The summed E-state index contributed by atoms with van der Waals surface area (Å²) < 4.78 is 11.8. The van der Waals surface area contributed by atoms with E-state index in [1.54, 1.807) is 43.5 Å². The predicted molar refractivity (Wildman–Crippen MR) is 144 cm³/mol. The highest BCUT2D eigenvalue weighted by molar-refractivity contribution is 7.22. The minimum atomic E-state index is -1.06. The van der Waals surface area contributed by atoms with Crippen molar-refractivity contribution in [1.29, 1.82) is 0 Å². The van der Waals surface area contributed by atoms with Crippen LogP contribution >= 0.6 is 11.3 Å². The van der Waals surface area contributed by atoms with E-state index in [1.165, 1.54) is 40.5 Å². The van der Waals surface area contributed by atoms with Crippen molar-refractivity contribution in [3.8, 4) is 11.5 Å². The molecular formula is C28H21N3O7S. The molecule has 3 heterocycles. The van der Waals surface area contributed by atoms with Gasteiger partial charge in [0.1, 0.15) is 23.4 Å². The standard InChI is InChI=1S/C28H21N3O7S/c1-14-11-17-12-16(5-10-21(17)38-14)25(32)23-24(15-3-6-18(7-4-15)31(35)36)30(27(34)26(23)33)28-29-20-9-8-19(37-2)13-22(20)39-28/h3-10,12-14,24,32H,11H2,1-2H3/t14-,24-/m1/s1. The number of aliphatic hydroxyl groups excluding tert-OH is 1. The summed E-state index contributed by atoms with van der Waals surface area (Å²) in [6.45, 7) is 1.94. The quantitative estimate of drug-likeness (QED) is 0.120. The van der Waals surface area contributed by atoms with Crippen LogP contribution in [0.25, 0.3) is 16.0 Å². The zero-order valence-corrected chi connectivity index (χ0v) is 21.6. The number of benzene rings is 3. The van der Waals surface area contributed by atoms with Gasteiger partial charge in [-0.05, 0) is 66.6 Å². The van der Waals surface area contributed by atoms with E-state index in [9.17, 15) is 24.8 Å². The van der Waals surface area contributed by atoms with Crippen molar-refractivity contribution in [2.24, 2.45) is 0 Å². The Morgan fingerprint density at radius 2 is 1.92 bits per heavy atom. The first-order chi connectivity index (χ1) is 18.7. The summed E-state index contributed by atoms with van der Waals surface area (Å²) in [5.41, 5.74) is 2.00. The molecule has 0 spiro atoms. The molecule has 3 aromatic carbocycles. The number of non-ortho nitro benzene ring substituents is 1. The molecule has 1 N–H and O–H groups in total. The number of rotatable bonds is 5. The molecule has 0 aliphatic carbocycles. The maximum atomic E-state index is 13.5. The van der Waals surface area contributed by atoms with Crippen LogP contribution in [0.1, 0.15) is 29.7 Å². The number of thiazole rings is 1. The van der Waals surface area contributed by atoms with Crippen LogP contribution in [0.5, 0.6) is 11.5 Å². The van der Waals surface area contributed by atoms with Crippen molar-refractivity contribution < 1.29 is 29.1 Å². The lowest BCUT2D eigenvalue weighted by molar-refractivity contribution is -0.384. The Balaban J connectivity index is 1.52. The molecule has 196 valence electrons. The van der Waals surface area contributed by atoms with Gasteiger partial charge in [0.15, 0.2) is 5.13 Å². The Labute approximate surface area is 225 Å². The highest BCUT2D eigenvalue weighted by atomic mass is 32.1. The number of aromatic nitrogens is 1. The SMILES string of the molecule is COc1ccc2nc(N3C(=O)C(=O)C(=C(O)c4ccc5c(c4)C[C@@H](C)O5)[C@H]3c3ccc([N+](=O)[O-])cc3)sc2c1. The first kappa shape index (κ1) is 24.6. The Morgan fingerprint density at radius 3 is 2.64 bits per heavy atom. The number of methoxy groups -OCH3 is 1. The molecule has 0 saturated carbocycles. The van der Waals surface area contributed by atoms with Crippen molar-refractivity contribution in [3.05, 3.63) is 93.0 Å². The summed E-state index contributed by atoms with van der Waals surface area (Å²) in [7, 11) is 1.54. The van der Waals surface area contributed by atoms with Gasteiger partial charge in [-0.15, -0.1) is 0 Å². The molecule has 1 aromatic heterocycles. The number of nitro benzene ring substituents is 1. The molecule has 1 saturated heterocycles. The number of ether oxygens (including phenoxy) is 2. The van der Waals surface area contributed by atoms with E-state index in [2.05, 4.69) is 4.98 Å². The minimum absolute atomic E-state index is 0.0132. The fourth-order valence-electron chi connectivity index (χ4n) is 4.97. The fourth-order valence-corrected chi connectivity index (χ4v) is 5.99. The topological polar surface area (TPSA) is 132 Å². The zero-order chi connectivity index (χ0) is 27.4. The van der Waals surface area contributed by atoms with Crippen molar-refractivity contribution in [2.45, 2.75) is 25.5 Å². The van der Waals surface area contributed by atoms with Crippen LogP contribution in [0.15, 0.2) is 66.2 Å². The van der Waals surface area contributed by atoms with E-state index in [1.807, 2.05) is 6.92 Å². The van der Waals surface area contributed by atoms with Gasteiger partial charge >= 0.3 is 5.91 Å². The number of nitro groups is 1. The van der Waals surface area contributed by atoms with Crippen molar-refractivity contribution in [2.75, 3.05) is 12.0 Å². The van der Waals surface area contributed by atoms with E-state index in [0.717, 1.165) is 10.3 Å². The molecule has 1 amide bonds. The smallest absolute Gasteiger partial charge is 0.301 e.